The molecule has 14 heavy (non-hydrogen) atoms. The number of unbranched alkanes of at least 4 members (excludes halogenated alkanes) is 1. The third kappa shape index (κ3) is 2.59. The molecule has 0 bridgehead atoms. The van der Waals surface area contributed by atoms with Gasteiger partial charge in [-0.05, 0) is 15.7 Å². The van der Waals surface area contributed by atoms with Gasteiger partial charge in [0, 0.05) is 12.8 Å². The second-order valence-corrected chi connectivity index (χ2v) is 4.16. The quantitative estimate of drug-likeness (QED) is 0.399. The number of hydrogen-bond acceptors (Lipinski definition) is 4. The van der Waals surface area contributed by atoms with Gasteiger partial charge in [-0.1, -0.05) is 13.3 Å². The maximum atomic E-state index is 11.4. The fraction of sp³-hybridized carbons (Fsp3) is 0.750. The van der Waals surface area contributed by atoms with Crippen LogP contribution in [0.25, 0.3) is 0 Å². The molecule has 0 radical (unpaired) electrons. The molecule has 0 aromatic rings. The van der Waals surface area contributed by atoms with Gasteiger partial charge in [0.25, 0.3) is 11.8 Å². The van der Waals surface area contributed by atoms with Crippen molar-refractivity contribution in [1.29, 1.82) is 0 Å². The third-order valence-corrected chi connectivity index (χ3v) is 3.06. The number of hydrogen-bond donors (Lipinski definition) is 0. The molecule has 1 aliphatic heterocycles. The first-order valence-electron chi connectivity index (χ1n) is 4.62. The summed E-state index contributed by atoms with van der Waals surface area (Å²) in [6.07, 6.45) is 2.00. The van der Waals surface area contributed by atoms with Crippen LogP contribution in [0.5, 0.6) is 0 Å². The van der Waals surface area contributed by atoms with Crippen molar-refractivity contribution in [2.45, 2.75) is 32.6 Å². The number of nitrogens with zero attached hydrogens (tertiary/aromatic N) is 1. The van der Waals surface area contributed by atoms with Gasteiger partial charge in [-0.2, -0.15) is 0 Å². The van der Waals surface area contributed by atoms with Gasteiger partial charge in [-0.15, -0.1) is 4.52 Å². The highest BCUT2D eigenvalue weighted by Crippen LogP contribution is 2.34. The van der Waals surface area contributed by atoms with E-state index in [1.807, 2.05) is 6.92 Å². The average molecular weight is 218 g/mol. The van der Waals surface area contributed by atoms with E-state index >= 15 is 0 Å². The summed E-state index contributed by atoms with van der Waals surface area (Å²) in [6.45, 7) is 2.30. The van der Waals surface area contributed by atoms with E-state index in [4.69, 9.17) is 4.52 Å². The van der Waals surface area contributed by atoms with E-state index in [-0.39, 0.29) is 12.8 Å². The first-order valence-corrected chi connectivity index (χ1v) is 5.75. The molecular weight excluding hydrogens is 205 g/mol. The minimum atomic E-state index is -2.29. The van der Waals surface area contributed by atoms with Gasteiger partial charge in [0.2, 0.25) is 0 Å². The van der Waals surface area contributed by atoms with Crippen LogP contribution in [0, 0.1) is 0 Å². The molecule has 0 aromatic carbocycles. The SMILES string of the molecule is CCCCO[P+](=O)N1C(=O)CCC1=O. The van der Waals surface area contributed by atoms with Crippen LogP contribution in [0.1, 0.15) is 32.6 Å². The van der Waals surface area contributed by atoms with Crippen molar-refractivity contribution in [3.63, 3.8) is 0 Å². The van der Waals surface area contributed by atoms with Crippen molar-refractivity contribution in [1.82, 2.24) is 4.67 Å². The Labute approximate surface area is 83.3 Å². The standard InChI is InChI=1S/C8H13NO4P/c1-2-3-6-13-14(12)9-7(10)4-5-8(9)11/h2-6H2,1H3/q+1. The Morgan fingerprint density at radius 3 is 2.43 bits per heavy atom. The Morgan fingerprint density at radius 1 is 1.36 bits per heavy atom. The number of carbonyl (C=O) groups excluding carboxylic acids is 2. The lowest BCUT2D eigenvalue weighted by atomic mass is 10.4. The number of imide groups is 1. The lowest BCUT2D eigenvalue weighted by molar-refractivity contribution is -0.132. The zero-order valence-corrected chi connectivity index (χ0v) is 8.96. The first kappa shape index (κ1) is 11.3. The van der Waals surface area contributed by atoms with Crippen molar-refractivity contribution < 1.29 is 18.7 Å². The largest absolute Gasteiger partial charge is 0.656 e. The summed E-state index contributed by atoms with van der Waals surface area (Å²) < 4.78 is 17.0. The summed E-state index contributed by atoms with van der Waals surface area (Å²) in [4.78, 5) is 22.2. The molecule has 1 heterocycles. The molecule has 2 amide bonds. The van der Waals surface area contributed by atoms with E-state index in [2.05, 4.69) is 0 Å². The summed E-state index contributed by atoms with van der Waals surface area (Å²) in [5.74, 6) is -0.791. The summed E-state index contributed by atoms with van der Waals surface area (Å²) in [5.41, 5.74) is 0. The Balaban J connectivity index is 2.43. The Kier molecular flexibility index (Phi) is 4.17. The average Bonchev–Trinajstić information content (AvgIpc) is 2.46. The van der Waals surface area contributed by atoms with Crippen LogP contribution >= 0.6 is 8.18 Å². The second-order valence-electron chi connectivity index (χ2n) is 3.02. The summed E-state index contributed by atoms with van der Waals surface area (Å²) in [6, 6.07) is 0. The van der Waals surface area contributed by atoms with E-state index in [0.717, 1.165) is 17.5 Å². The van der Waals surface area contributed by atoms with Crippen LogP contribution in [0.15, 0.2) is 0 Å². The van der Waals surface area contributed by atoms with Crippen molar-refractivity contribution in [3.05, 3.63) is 0 Å². The highest BCUT2D eigenvalue weighted by atomic mass is 31.1. The topological polar surface area (TPSA) is 63.7 Å². The maximum absolute atomic E-state index is 11.4. The van der Waals surface area contributed by atoms with Gasteiger partial charge >= 0.3 is 8.18 Å². The maximum Gasteiger partial charge on any atom is 0.656 e. The van der Waals surface area contributed by atoms with Crippen LogP contribution < -0.4 is 0 Å². The van der Waals surface area contributed by atoms with E-state index in [9.17, 15) is 14.2 Å². The van der Waals surface area contributed by atoms with Crippen LogP contribution in [0.3, 0.4) is 0 Å². The minimum Gasteiger partial charge on any atom is -0.270 e. The van der Waals surface area contributed by atoms with E-state index in [1.54, 1.807) is 0 Å². The molecule has 1 atom stereocenters. The van der Waals surface area contributed by atoms with E-state index < -0.39 is 20.0 Å². The van der Waals surface area contributed by atoms with Crippen LogP contribution in [0.2, 0.25) is 0 Å². The predicted molar refractivity (Wildman–Crippen MR) is 49.6 cm³/mol. The summed E-state index contributed by atoms with van der Waals surface area (Å²) in [5, 5.41) is 0. The molecule has 1 fully saturated rings. The molecule has 1 saturated heterocycles. The normalized spacial score (nSPS) is 17.8. The predicted octanol–water partition coefficient (Wildman–Crippen LogP) is 1.61. The Bertz CT molecular complexity index is 250. The zero-order chi connectivity index (χ0) is 10.6. The fourth-order valence-electron chi connectivity index (χ4n) is 1.09. The molecular formula is C8H13NO4P+. The molecule has 0 saturated carbocycles. The molecule has 6 heteroatoms. The van der Waals surface area contributed by atoms with Gasteiger partial charge in [0.15, 0.2) is 0 Å². The van der Waals surface area contributed by atoms with Crippen molar-refractivity contribution >= 4 is 20.0 Å². The summed E-state index contributed by atoms with van der Waals surface area (Å²) >= 11 is 0. The Hall–Kier alpha value is -0.800. The lowest BCUT2D eigenvalue weighted by Crippen LogP contribution is -2.21. The van der Waals surface area contributed by atoms with Gasteiger partial charge < -0.3 is 0 Å². The molecule has 1 rings (SSSR count). The highest BCUT2D eigenvalue weighted by Gasteiger charge is 2.45. The third-order valence-electron chi connectivity index (χ3n) is 1.89. The number of carbonyl (C=O) groups is 2. The molecule has 0 N–H and O–H groups in total. The second kappa shape index (κ2) is 5.17. The van der Waals surface area contributed by atoms with Gasteiger partial charge in [0.1, 0.15) is 6.61 Å². The van der Waals surface area contributed by atoms with E-state index in [0.29, 0.717) is 6.61 Å². The molecule has 0 aliphatic carbocycles. The molecule has 5 nitrogen and oxygen atoms in total. The number of amides is 2. The van der Waals surface area contributed by atoms with Crippen molar-refractivity contribution in [2.75, 3.05) is 6.61 Å². The highest BCUT2D eigenvalue weighted by molar-refractivity contribution is 7.38. The molecule has 78 valence electrons. The Morgan fingerprint density at radius 2 is 1.93 bits per heavy atom. The monoisotopic (exact) mass is 218 g/mol. The van der Waals surface area contributed by atoms with E-state index in [1.165, 1.54) is 0 Å². The van der Waals surface area contributed by atoms with Crippen molar-refractivity contribution in [3.8, 4) is 0 Å². The van der Waals surface area contributed by atoms with Crippen molar-refractivity contribution in [2.24, 2.45) is 0 Å². The fourth-order valence-corrected chi connectivity index (χ4v) is 2.06. The zero-order valence-electron chi connectivity index (χ0n) is 8.06. The van der Waals surface area contributed by atoms with Crippen LogP contribution in [-0.2, 0) is 18.7 Å². The van der Waals surface area contributed by atoms with Gasteiger partial charge in [0.05, 0.1) is 0 Å². The molecule has 1 aliphatic rings. The lowest BCUT2D eigenvalue weighted by Gasteiger charge is -1.97. The van der Waals surface area contributed by atoms with Crippen LogP contribution in [0.4, 0.5) is 0 Å². The molecule has 0 spiro atoms. The first-order chi connectivity index (χ1) is 6.66. The van der Waals surface area contributed by atoms with Crippen LogP contribution in [-0.4, -0.2) is 23.1 Å². The molecule has 1 unspecified atom stereocenters. The smallest absolute Gasteiger partial charge is 0.270 e. The van der Waals surface area contributed by atoms with Gasteiger partial charge in [-0.25, -0.2) is 0 Å². The summed E-state index contributed by atoms with van der Waals surface area (Å²) in [7, 11) is -2.29. The van der Waals surface area contributed by atoms with Gasteiger partial charge in [-0.3, -0.25) is 9.59 Å². The minimum absolute atomic E-state index is 0.150. The number of rotatable bonds is 5. The molecule has 0 aromatic heterocycles.